The maximum atomic E-state index is 13.4. The van der Waals surface area contributed by atoms with Gasteiger partial charge in [0.05, 0.1) is 24.0 Å². The van der Waals surface area contributed by atoms with Gasteiger partial charge in [-0.2, -0.15) is 17.9 Å². The highest BCUT2D eigenvalue weighted by molar-refractivity contribution is 7.89. The second-order valence-electron chi connectivity index (χ2n) is 7.63. The summed E-state index contributed by atoms with van der Waals surface area (Å²) in [6, 6.07) is 6.95. The zero-order chi connectivity index (χ0) is 26.1. The standard InChI is InChI=1S/C22H17F4N5O4S/c1-12(31-36(33,34)20-7-14-6-15(23)3-4-18(14)35-20)21(32)28-10-16-8-17(30-11-29-16)13-2-5-19(27-9-13)22(24,25)26/h2-9,11-12,31H,10H2,1H3,(H,28,32). The minimum Gasteiger partial charge on any atom is -0.443 e. The number of halogens is 4. The first-order chi connectivity index (χ1) is 16.9. The van der Waals surface area contributed by atoms with Gasteiger partial charge in [-0.05, 0) is 43.3 Å². The van der Waals surface area contributed by atoms with Crippen LogP contribution in [0.5, 0.6) is 0 Å². The minimum absolute atomic E-state index is 0.113. The first-order valence-electron chi connectivity index (χ1n) is 10.3. The van der Waals surface area contributed by atoms with E-state index in [1.165, 1.54) is 31.5 Å². The van der Waals surface area contributed by atoms with Crippen molar-refractivity contribution in [2.75, 3.05) is 0 Å². The lowest BCUT2D eigenvalue weighted by Gasteiger charge is -2.13. The van der Waals surface area contributed by atoms with Crippen LogP contribution in [0, 0.1) is 5.82 Å². The molecular formula is C22H17F4N5O4S. The molecule has 0 aliphatic carbocycles. The number of rotatable bonds is 7. The third-order valence-corrected chi connectivity index (χ3v) is 6.36. The number of nitrogens with one attached hydrogen (secondary N) is 2. The topological polar surface area (TPSA) is 127 Å². The smallest absolute Gasteiger partial charge is 0.433 e. The molecule has 14 heteroatoms. The van der Waals surface area contributed by atoms with Crippen LogP contribution in [-0.4, -0.2) is 35.3 Å². The highest BCUT2D eigenvalue weighted by Gasteiger charge is 2.32. The number of aromatic nitrogens is 3. The molecule has 0 aliphatic heterocycles. The van der Waals surface area contributed by atoms with Gasteiger partial charge in [0.15, 0.2) is 0 Å². The van der Waals surface area contributed by atoms with Crippen LogP contribution < -0.4 is 10.0 Å². The van der Waals surface area contributed by atoms with E-state index >= 15 is 0 Å². The van der Waals surface area contributed by atoms with E-state index in [2.05, 4.69) is 25.0 Å². The van der Waals surface area contributed by atoms with Crippen LogP contribution >= 0.6 is 0 Å². The van der Waals surface area contributed by atoms with E-state index in [9.17, 15) is 30.8 Å². The number of benzene rings is 1. The molecule has 36 heavy (non-hydrogen) atoms. The molecule has 0 spiro atoms. The maximum absolute atomic E-state index is 13.4. The van der Waals surface area contributed by atoms with Crippen LogP contribution in [0.15, 0.2) is 64.5 Å². The van der Waals surface area contributed by atoms with Gasteiger partial charge in [-0.3, -0.25) is 9.78 Å². The van der Waals surface area contributed by atoms with Gasteiger partial charge in [0.25, 0.3) is 10.0 Å². The van der Waals surface area contributed by atoms with Crippen molar-refractivity contribution in [2.24, 2.45) is 0 Å². The largest absolute Gasteiger partial charge is 0.443 e. The molecule has 1 aromatic carbocycles. The number of alkyl halides is 3. The van der Waals surface area contributed by atoms with Gasteiger partial charge < -0.3 is 9.73 Å². The summed E-state index contributed by atoms with van der Waals surface area (Å²) in [7, 11) is -4.23. The van der Waals surface area contributed by atoms with Gasteiger partial charge in [0, 0.05) is 23.2 Å². The molecule has 3 aromatic heterocycles. The molecule has 1 atom stereocenters. The Bertz CT molecular complexity index is 1520. The number of hydrogen-bond acceptors (Lipinski definition) is 7. The van der Waals surface area contributed by atoms with E-state index in [-0.39, 0.29) is 23.2 Å². The number of sulfonamides is 1. The summed E-state index contributed by atoms with van der Waals surface area (Å²) in [5, 5.41) is 2.28. The van der Waals surface area contributed by atoms with Crippen LogP contribution in [0.4, 0.5) is 17.6 Å². The molecule has 4 rings (SSSR count). The van der Waals surface area contributed by atoms with Crippen molar-refractivity contribution in [2.45, 2.75) is 30.8 Å². The van der Waals surface area contributed by atoms with E-state index in [4.69, 9.17) is 4.42 Å². The van der Waals surface area contributed by atoms with Crippen LogP contribution in [-0.2, 0) is 27.5 Å². The first kappa shape index (κ1) is 25.2. The molecule has 1 amide bonds. The Morgan fingerprint density at radius 2 is 1.86 bits per heavy atom. The van der Waals surface area contributed by atoms with E-state index in [0.717, 1.165) is 30.5 Å². The summed E-state index contributed by atoms with van der Waals surface area (Å²) in [4.78, 5) is 23.8. The number of fused-ring (bicyclic) bond motifs is 1. The van der Waals surface area contributed by atoms with Crippen molar-refractivity contribution < 1.29 is 35.2 Å². The lowest BCUT2D eigenvalue weighted by molar-refractivity contribution is -0.141. The summed E-state index contributed by atoms with van der Waals surface area (Å²) in [6.45, 7) is 1.20. The molecule has 3 heterocycles. The minimum atomic E-state index is -4.57. The molecule has 9 nitrogen and oxygen atoms in total. The van der Waals surface area contributed by atoms with Crippen LogP contribution in [0.3, 0.4) is 0 Å². The first-order valence-corrected chi connectivity index (χ1v) is 11.7. The molecule has 4 aromatic rings. The number of carbonyl (C=O) groups is 1. The molecule has 188 valence electrons. The fourth-order valence-electron chi connectivity index (χ4n) is 3.16. The quantitative estimate of drug-likeness (QED) is 0.356. The molecule has 0 fully saturated rings. The fraction of sp³-hybridized carbons (Fsp3) is 0.182. The van der Waals surface area contributed by atoms with Gasteiger partial charge in [-0.15, -0.1) is 0 Å². The molecule has 0 aliphatic rings. The zero-order valence-corrected chi connectivity index (χ0v) is 19.2. The predicted molar refractivity (Wildman–Crippen MR) is 118 cm³/mol. The normalized spacial score (nSPS) is 13.0. The van der Waals surface area contributed by atoms with Gasteiger partial charge in [-0.1, -0.05) is 0 Å². The van der Waals surface area contributed by atoms with Crippen molar-refractivity contribution in [1.29, 1.82) is 0 Å². The average Bonchev–Trinajstić information content (AvgIpc) is 3.26. The Morgan fingerprint density at radius 1 is 1.08 bits per heavy atom. The van der Waals surface area contributed by atoms with Gasteiger partial charge >= 0.3 is 6.18 Å². The van der Waals surface area contributed by atoms with Crippen molar-refractivity contribution in [3.63, 3.8) is 0 Å². The fourth-order valence-corrected chi connectivity index (χ4v) is 4.33. The van der Waals surface area contributed by atoms with Gasteiger partial charge in [0.2, 0.25) is 11.0 Å². The monoisotopic (exact) mass is 523 g/mol. The van der Waals surface area contributed by atoms with Crippen molar-refractivity contribution in [1.82, 2.24) is 25.0 Å². The Balaban J connectivity index is 1.39. The number of pyridine rings is 1. The molecule has 0 saturated heterocycles. The van der Waals surface area contributed by atoms with Crippen molar-refractivity contribution in [3.8, 4) is 11.3 Å². The SMILES string of the molecule is CC(NS(=O)(=O)c1cc2cc(F)ccc2o1)C(=O)NCc1cc(-c2ccc(C(F)(F)F)nc2)ncn1. The predicted octanol–water partition coefficient (Wildman–Crippen LogP) is 3.43. The molecule has 0 saturated carbocycles. The highest BCUT2D eigenvalue weighted by Crippen LogP contribution is 2.28. The molecule has 2 N–H and O–H groups in total. The zero-order valence-electron chi connectivity index (χ0n) is 18.4. The Labute approximate surface area is 201 Å². The summed E-state index contributed by atoms with van der Waals surface area (Å²) >= 11 is 0. The summed E-state index contributed by atoms with van der Waals surface area (Å²) < 4.78 is 84.1. The molecule has 1 unspecified atom stereocenters. The number of nitrogens with zero attached hydrogens (tertiary/aromatic N) is 3. The highest BCUT2D eigenvalue weighted by atomic mass is 32.2. The summed E-state index contributed by atoms with van der Waals surface area (Å²) in [5.41, 5.74) is 0.0359. The van der Waals surface area contributed by atoms with Crippen LogP contribution in [0.25, 0.3) is 22.2 Å². The molecular weight excluding hydrogens is 506 g/mol. The number of furan rings is 1. The van der Waals surface area contributed by atoms with Crippen molar-refractivity contribution >= 4 is 26.9 Å². The number of amides is 1. The number of carbonyl (C=O) groups excluding carboxylic acids is 1. The Kier molecular flexibility index (Phi) is 6.73. The Hall–Kier alpha value is -3.91. The lowest BCUT2D eigenvalue weighted by atomic mass is 10.1. The van der Waals surface area contributed by atoms with Gasteiger partial charge in [-0.25, -0.2) is 22.8 Å². The maximum Gasteiger partial charge on any atom is 0.433 e. The van der Waals surface area contributed by atoms with E-state index in [1.807, 2.05) is 0 Å². The van der Waals surface area contributed by atoms with E-state index in [1.54, 1.807) is 0 Å². The van der Waals surface area contributed by atoms with Gasteiger partial charge in [0.1, 0.15) is 23.4 Å². The summed E-state index contributed by atoms with van der Waals surface area (Å²) in [5.74, 6) is -1.24. The number of hydrogen-bond donors (Lipinski definition) is 2. The second kappa shape index (κ2) is 9.62. The molecule has 0 radical (unpaired) electrons. The van der Waals surface area contributed by atoms with E-state index in [0.29, 0.717) is 11.3 Å². The van der Waals surface area contributed by atoms with Crippen LogP contribution in [0.2, 0.25) is 0 Å². The third-order valence-electron chi connectivity index (χ3n) is 4.96. The van der Waals surface area contributed by atoms with Crippen LogP contribution in [0.1, 0.15) is 18.3 Å². The Morgan fingerprint density at radius 3 is 2.56 bits per heavy atom. The van der Waals surface area contributed by atoms with E-state index < -0.39 is 44.8 Å². The van der Waals surface area contributed by atoms with Crippen molar-refractivity contribution in [3.05, 3.63) is 72.2 Å². The second-order valence-corrected chi connectivity index (χ2v) is 9.28. The lowest BCUT2D eigenvalue weighted by Crippen LogP contribution is -2.44. The third kappa shape index (κ3) is 5.66. The average molecular weight is 523 g/mol. The summed E-state index contributed by atoms with van der Waals surface area (Å²) in [6.07, 6.45) is -2.37. The molecule has 0 bridgehead atoms.